The van der Waals surface area contributed by atoms with E-state index in [1.165, 1.54) is 6.07 Å². The van der Waals surface area contributed by atoms with Crippen LogP contribution in [0.5, 0.6) is 5.75 Å². The molecular weight excluding hydrogens is 264 g/mol. The zero-order valence-electron chi connectivity index (χ0n) is 9.63. The van der Waals surface area contributed by atoms with Gasteiger partial charge in [0.1, 0.15) is 5.75 Å². The lowest BCUT2D eigenvalue weighted by Gasteiger charge is -2.21. The fourth-order valence-corrected chi connectivity index (χ4v) is 1.87. The number of halogens is 3. The van der Waals surface area contributed by atoms with Crippen molar-refractivity contribution in [2.45, 2.75) is 31.6 Å². The van der Waals surface area contributed by atoms with Gasteiger partial charge < -0.3 is 15.6 Å². The standard InChI is InChI=1S/C12H15F2NO2.ClH/c13-12(14)17-9-4-2-1-3-8(9)10(15)11(16)7-5-6-7;/h1-4,7,10-12,16H,5-6,15H2;1H/t10-,11+;/m0./s1. The smallest absolute Gasteiger partial charge is 0.387 e. The minimum absolute atomic E-state index is 0. The second-order valence-corrected chi connectivity index (χ2v) is 4.27. The first-order valence-corrected chi connectivity index (χ1v) is 5.57. The molecule has 0 spiro atoms. The Kier molecular flexibility index (Phi) is 5.31. The lowest BCUT2D eigenvalue weighted by Crippen LogP contribution is -2.28. The van der Waals surface area contributed by atoms with Crippen LogP contribution in [0, 0.1) is 5.92 Å². The highest BCUT2D eigenvalue weighted by atomic mass is 35.5. The number of ether oxygens (including phenoxy) is 1. The van der Waals surface area contributed by atoms with E-state index < -0.39 is 18.8 Å². The maximum atomic E-state index is 12.2. The van der Waals surface area contributed by atoms with Crippen molar-refractivity contribution in [3.63, 3.8) is 0 Å². The van der Waals surface area contributed by atoms with Crippen molar-refractivity contribution in [1.82, 2.24) is 0 Å². The Morgan fingerprint density at radius 2 is 1.89 bits per heavy atom. The van der Waals surface area contributed by atoms with E-state index in [9.17, 15) is 13.9 Å². The molecule has 2 atom stereocenters. The van der Waals surface area contributed by atoms with Crippen LogP contribution >= 0.6 is 12.4 Å². The van der Waals surface area contributed by atoms with E-state index >= 15 is 0 Å². The normalized spacial score (nSPS) is 18.1. The highest BCUT2D eigenvalue weighted by Gasteiger charge is 2.35. The lowest BCUT2D eigenvalue weighted by molar-refractivity contribution is -0.0511. The molecule has 1 aliphatic carbocycles. The van der Waals surface area contributed by atoms with E-state index in [0.29, 0.717) is 5.56 Å². The Morgan fingerprint density at radius 1 is 1.28 bits per heavy atom. The zero-order valence-corrected chi connectivity index (χ0v) is 10.4. The van der Waals surface area contributed by atoms with Crippen LogP contribution in [0.15, 0.2) is 24.3 Å². The number of alkyl halides is 2. The Bertz CT molecular complexity index is 388. The third-order valence-corrected chi connectivity index (χ3v) is 2.97. The molecule has 0 amide bonds. The largest absolute Gasteiger partial charge is 0.434 e. The van der Waals surface area contributed by atoms with E-state index in [4.69, 9.17) is 5.73 Å². The second kappa shape index (κ2) is 6.31. The van der Waals surface area contributed by atoms with E-state index in [1.54, 1.807) is 18.2 Å². The highest BCUT2D eigenvalue weighted by molar-refractivity contribution is 5.85. The molecule has 0 unspecified atom stereocenters. The van der Waals surface area contributed by atoms with Crippen LogP contribution in [0.1, 0.15) is 24.4 Å². The first kappa shape index (κ1) is 15.1. The molecule has 0 radical (unpaired) electrons. The molecule has 6 heteroatoms. The van der Waals surface area contributed by atoms with Gasteiger partial charge in [-0.2, -0.15) is 8.78 Å². The Labute approximate surface area is 110 Å². The van der Waals surface area contributed by atoms with Crippen LogP contribution in [0.4, 0.5) is 8.78 Å². The highest BCUT2D eigenvalue weighted by Crippen LogP contribution is 2.39. The molecule has 1 saturated carbocycles. The van der Waals surface area contributed by atoms with Crippen molar-refractivity contribution in [1.29, 1.82) is 0 Å². The minimum Gasteiger partial charge on any atom is -0.434 e. The third kappa shape index (κ3) is 3.54. The number of para-hydroxylation sites is 1. The van der Waals surface area contributed by atoms with Crippen molar-refractivity contribution < 1.29 is 18.6 Å². The fourth-order valence-electron chi connectivity index (χ4n) is 1.87. The molecule has 1 fully saturated rings. The number of hydrogen-bond donors (Lipinski definition) is 2. The summed E-state index contributed by atoms with van der Waals surface area (Å²) in [6.07, 6.45) is 1.18. The molecule has 0 heterocycles. The Hall–Kier alpha value is -0.910. The van der Waals surface area contributed by atoms with Crippen LogP contribution < -0.4 is 10.5 Å². The molecular formula is C12H16ClF2NO2. The van der Waals surface area contributed by atoms with E-state index in [0.717, 1.165) is 12.8 Å². The number of hydrogen-bond acceptors (Lipinski definition) is 3. The van der Waals surface area contributed by atoms with E-state index in [1.807, 2.05) is 0 Å². The molecule has 1 aliphatic rings. The van der Waals surface area contributed by atoms with Crippen molar-refractivity contribution >= 4 is 12.4 Å². The summed E-state index contributed by atoms with van der Waals surface area (Å²) in [7, 11) is 0. The first-order chi connectivity index (χ1) is 8.09. The zero-order chi connectivity index (χ0) is 12.4. The minimum atomic E-state index is -2.89. The fraction of sp³-hybridized carbons (Fsp3) is 0.500. The predicted molar refractivity (Wildman–Crippen MR) is 66.0 cm³/mol. The molecule has 3 nitrogen and oxygen atoms in total. The van der Waals surface area contributed by atoms with Crippen LogP contribution in [0.25, 0.3) is 0 Å². The molecule has 102 valence electrons. The first-order valence-electron chi connectivity index (χ1n) is 5.57. The third-order valence-electron chi connectivity index (χ3n) is 2.97. The van der Waals surface area contributed by atoms with Crippen molar-refractivity contribution in [2.75, 3.05) is 0 Å². The molecule has 0 aliphatic heterocycles. The van der Waals surface area contributed by atoms with Gasteiger partial charge in [-0.3, -0.25) is 0 Å². The van der Waals surface area contributed by atoms with Gasteiger partial charge in [-0.05, 0) is 24.8 Å². The quantitative estimate of drug-likeness (QED) is 0.871. The topological polar surface area (TPSA) is 55.5 Å². The van der Waals surface area contributed by atoms with Crippen LogP contribution in [0.2, 0.25) is 0 Å². The summed E-state index contributed by atoms with van der Waals surface area (Å²) in [6, 6.07) is 5.64. The van der Waals surface area contributed by atoms with Gasteiger partial charge in [0.25, 0.3) is 0 Å². The van der Waals surface area contributed by atoms with Gasteiger partial charge in [0, 0.05) is 5.56 Å². The SMILES string of the molecule is Cl.N[C@@H](c1ccccc1OC(F)F)[C@H](O)C1CC1. The Balaban J connectivity index is 0.00000162. The van der Waals surface area contributed by atoms with Gasteiger partial charge in [0.15, 0.2) is 0 Å². The summed E-state index contributed by atoms with van der Waals surface area (Å²) in [6.45, 7) is -2.89. The maximum absolute atomic E-state index is 12.2. The van der Waals surface area contributed by atoms with Crippen molar-refractivity contribution in [3.05, 3.63) is 29.8 Å². The number of aliphatic hydroxyl groups excluding tert-OH is 1. The number of rotatable bonds is 5. The van der Waals surface area contributed by atoms with Crippen LogP contribution in [-0.4, -0.2) is 17.8 Å². The summed E-state index contributed by atoms with van der Waals surface area (Å²) in [4.78, 5) is 0. The monoisotopic (exact) mass is 279 g/mol. The van der Waals surface area contributed by atoms with E-state index in [-0.39, 0.29) is 24.1 Å². The van der Waals surface area contributed by atoms with Gasteiger partial charge >= 0.3 is 6.61 Å². The molecule has 1 aromatic rings. The number of benzene rings is 1. The summed E-state index contributed by atoms with van der Waals surface area (Å²) in [5.74, 6) is 0.222. The van der Waals surface area contributed by atoms with Gasteiger partial charge in [-0.15, -0.1) is 12.4 Å². The average molecular weight is 280 g/mol. The van der Waals surface area contributed by atoms with Gasteiger partial charge in [0.2, 0.25) is 0 Å². The molecule has 2 rings (SSSR count). The summed E-state index contributed by atoms with van der Waals surface area (Å²) < 4.78 is 28.8. The van der Waals surface area contributed by atoms with Crippen molar-refractivity contribution in [3.8, 4) is 5.75 Å². The summed E-state index contributed by atoms with van der Waals surface area (Å²) in [5.41, 5.74) is 6.30. The lowest BCUT2D eigenvalue weighted by atomic mass is 9.98. The van der Waals surface area contributed by atoms with Crippen LogP contribution in [-0.2, 0) is 0 Å². The molecule has 0 aromatic heterocycles. The van der Waals surface area contributed by atoms with Gasteiger partial charge in [0.05, 0.1) is 12.1 Å². The molecule has 3 N–H and O–H groups in total. The van der Waals surface area contributed by atoms with Crippen molar-refractivity contribution in [2.24, 2.45) is 11.7 Å². The molecule has 1 aromatic carbocycles. The van der Waals surface area contributed by atoms with Gasteiger partial charge in [-0.1, -0.05) is 18.2 Å². The van der Waals surface area contributed by atoms with E-state index in [2.05, 4.69) is 4.74 Å². The maximum Gasteiger partial charge on any atom is 0.387 e. The second-order valence-electron chi connectivity index (χ2n) is 4.27. The Morgan fingerprint density at radius 3 is 2.44 bits per heavy atom. The molecule has 0 saturated heterocycles. The van der Waals surface area contributed by atoms with Crippen LogP contribution in [0.3, 0.4) is 0 Å². The number of nitrogens with two attached hydrogens (primary N) is 1. The average Bonchev–Trinajstić information content (AvgIpc) is 3.11. The predicted octanol–water partition coefficient (Wildman–Crippen LogP) is 2.48. The summed E-state index contributed by atoms with van der Waals surface area (Å²) >= 11 is 0. The molecule has 18 heavy (non-hydrogen) atoms. The molecule has 0 bridgehead atoms. The summed E-state index contributed by atoms with van der Waals surface area (Å²) in [5, 5.41) is 9.90. The number of aliphatic hydroxyl groups is 1. The van der Waals surface area contributed by atoms with Gasteiger partial charge in [-0.25, -0.2) is 0 Å².